The molecule has 10 heteroatoms. The summed E-state index contributed by atoms with van der Waals surface area (Å²) in [6, 6.07) is 8.10. The third kappa shape index (κ3) is 5.08. The van der Waals surface area contributed by atoms with E-state index in [1.54, 1.807) is 12.1 Å². The van der Waals surface area contributed by atoms with Gasteiger partial charge in [0.05, 0.1) is 24.8 Å². The van der Waals surface area contributed by atoms with E-state index in [1.807, 2.05) is 0 Å². The van der Waals surface area contributed by atoms with Gasteiger partial charge >= 0.3 is 5.97 Å². The average molecular weight is 395 g/mol. The largest absolute Gasteiger partial charge is 0.496 e. The molecule has 0 saturated heterocycles. The number of carbonyl (C=O) groups is 2. The van der Waals surface area contributed by atoms with Crippen LogP contribution in [0, 0.1) is 10.1 Å². The number of nitrogens with one attached hydrogen (secondary N) is 1. The van der Waals surface area contributed by atoms with E-state index >= 15 is 0 Å². The molecule has 0 spiro atoms. The highest BCUT2D eigenvalue weighted by Crippen LogP contribution is 2.28. The number of hydrogen-bond donors (Lipinski definition) is 1. The van der Waals surface area contributed by atoms with Crippen molar-refractivity contribution in [1.29, 1.82) is 0 Å². The summed E-state index contributed by atoms with van der Waals surface area (Å²) in [6.07, 6.45) is 0. The van der Waals surface area contributed by atoms with Crippen molar-refractivity contribution in [1.82, 2.24) is 0 Å². The van der Waals surface area contributed by atoms with Gasteiger partial charge in [-0.05, 0) is 24.3 Å². The number of carbonyl (C=O) groups excluding carboxylic acids is 2. The first-order valence-corrected chi connectivity index (χ1v) is 7.86. The number of amides is 1. The molecule has 142 valence electrons. The van der Waals surface area contributed by atoms with Gasteiger partial charge in [0.1, 0.15) is 17.1 Å². The fraction of sp³-hybridized carbons (Fsp3) is 0.176. The topological polar surface area (TPSA) is 117 Å². The van der Waals surface area contributed by atoms with Crippen LogP contribution in [-0.2, 0) is 9.53 Å². The van der Waals surface area contributed by atoms with Crippen molar-refractivity contribution in [2.45, 2.75) is 0 Å². The first-order valence-electron chi connectivity index (χ1n) is 7.48. The second kappa shape index (κ2) is 8.86. The standard InChI is InChI=1S/C17H15ClN2O7/c1-25-14-6-4-11(20(23)24)8-12(14)17(22)27-9-16(21)19-13-7-10(18)3-5-15(13)26-2/h3-8H,9H2,1-2H3,(H,19,21). The SMILES string of the molecule is COc1ccc(Cl)cc1NC(=O)COC(=O)c1cc([N+](=O)[O-])ccc1OC. The van der Waals surface area contributed by atoms with Crippen molar-refractivity contribution in [2.75, 3.05) is 26.1 Å². The molecule has 0 fully saturated rings. The number of anilines is 1. The number of halogens is 1. The summed E-state index contributed by atoms with van der Waals surface area (Å²) >= 11 is 5.88. The Hall–Kier alpha value is -3.33. The summed E-state index contributed by atoms with van der Waals surface area (Å²) in [6.45, 7) is -0.625. The van der Waals surface area contributed by atoms with Crippen LogP contribution in [0.5, 0.6) is 11.5 Å². The number of esters is 1. The van der Waals surface area contributed by atoms with Gasteiger partial charge in [-0.3, -0.25) is 14.9 Å². The van der Waals surface area contributed by atoms with Crippen LogP contribution < -0.4 is 14.8 Å². The molecule has 9 nitrogen and oxygen atoms in total. The summed E-state index contributed by atoms with van der Waals surface area (Å²) in [5.74, 6) is -1.13. The zero-order valence-corrected chi connectivity index (χ0v) is 15.1. The Balaban J connectivity index is 2.07. The van der Waals surface area contributed by atoms with Gasteiger partial charge in [0.2, 0.25) is 0 Å². The second-order valence-electron chi connectivity index (χ2n) is 5.11. The zero-order chi connectivity index (χ0) is 20.0. The number of rotatable bonds is 7. The predicted molar refractivity (Wildman–Crippen MR) is 96.6 cm³/mol. The van der Waals surface area contributed by atoms with Crippen molar-refractivity contribution in [2.24, 2.45) is 0 Å². The molecule has 2 aromatic rings. The minimum atomic E-state index is -0.941. The number of nitro groups is 1. The summed E-state index contributed by atoms with van der Waals surface area (Å²) < 4.78 is 15.0. The van der Waals surface area contributed by atoms with Crippen LogP contribution in [0.1, 0.15) is 10.4 Å². The monoisotopic (exact) mass is 394 g/mol. The van der Waals surface area contributed by atoms with E-state index in [1.165, 1.54) is 32.4 Å². The lowest BCUT2D eigenvalue weighted by molar-refractivity contribution is -0.384. The minimum absolute atomic E-state index is 0.0857. The molecule has 0 aliphatic rings. The van der Waals surface area contributed by atoms with Gasteiger partial charge in [-0.1, -0.05) is 11.6 Å². The quantitative estimate of drug-likeness (QED) is 0.435. The Morgan fingerprint density at radius 3 is 2.41 bits per heavy atom. The van der Waals surface area contributed by atoms with Crippen molar-refractivity contribution < 1.29 is 28.7 Å². The molecule has 0 heterocycles. The summed E-state index contributed by atoms with van der Waals surface area (Å²) in [5.41, 5.74) is -0.172. The van der Waals surface area contributed by atoms with E-state index in [9.17, 15) is 19.7 Å². The molecule has 0 atom stereocenters. The third-order valence-electron chi connectivity index (χ3n) is 3.38. The lowest BCUT2D eigenvalue weighted by atomic mass is 10.2. The molecular formula is C17H15ClN2O7. The molecule has 0 saturated carbocycles. The smallest absolute Gasteiger partial charge is 0.342 e. The minimum Gasteiger partial charge on any atom is -0.496 e. The Labute approximate surface area is 158 Å². The number of ether oxygens (including phenoxy) is 3. The van der Waals surface area contributed by atoms with E-state index in [4.69, 9.17) is 25.8 Å². The first-order chi connectivity index (χ1) is 12.8. The van der Waals surface area contributed by atoms with E-state index in [0.29, 0.717) is 16.5 Å². The predicted octanol–water partition coefficient (Wildman–Crippen LogP) is 3.06. The van der Waals surface area contributed by atoms with Gasteiger partial charge in [-0.25, -0.2) is 4.79 Å². The summed E-state index contributed by atoms with van der Waals surface area (Å²) in [4.78, 5) is 34.4. The van der Waals surface area contributed by atoms with Crippen molar-refractivity contribution >= 4 is 34.9 Å². The van der Waals surface area contributed by atoms with Crippen LogP contribution in [0.4, 0.5) is 11.4 Å². The maximum Gasteiger partial charge on any atom is 0.342 e. The van der Waals surface area contributed by atoms with Crippen LogP contribution in [0.2, 0.25) is 5.02 Å². The van der Waals surface area contributed by atoms with Gasteiger partial charge in [0.25, 0.3) is 11.6 Å². The number of methoxy groups -OCH3 is 2. The Kier molecular flexibility index (Phi) is 6.56. The molecule has 0 bridgehead atoms. The van der Waals surface area contributed by atoms with Crippen LogP contribution >= 0.6 is 11.6 Å². The molecular weight excluding hydrogens is 380 g/mol. The van der Waals surface area contributed by atoms with Gasteiger partial charge in [0.15, 0.2) is 6.61 Å². The molecule has 1 amide bonds. The van der Waals surface area contributed by atoms with E-state index in [-0.39, 0.29) is 17.0 Å². The van der Waals surface area contributed by atoms with Crippen LogP contribution in [0.15, 0.2) is 36.4 Å². The number of nitrogens with zero attached hydrogens (tertiary/aromatic N) is 1. The number of nitro benzene ring substituents is 1. The molecule has 0 aliphatic carbocycles. The fourth-order valence-corrected chi connectivity index (χ4v) is 2.31. The highest BCUT2D eigenvalue weighted by molar-refractivity contribution is 6.31. The van der Waals surface area contributed by atoms with Gasteiger partial charge < -0.3 is 19.5 Å². The van der Waals surface area contributed by atoms with Gasteiger partial charge in [-0.15, -0.1) is 0 Å². The maximum atomic E-state index is 12.2. The van der Waals surface area contributed by atoms with Crippen LogP contribution in [-0.4, -0.2) is 37.6 Å². The van der Waals surface area contributed by atoms with Crippen molar-refractivity contribution in [3.63, 3.8) is 0 Å². The number of non-ortho nitro benzene ring substituents is 1. The zero-order valence-electron chi connectivity index (χ0n) is 14.4. The summed E-state index contributed by atoms with van der Waals surface area (Å²) in [5, 5.41) is 13.7. The highest BCUT2D eigenvalue weighted by Gasteiger charge is 2.20. The molecule has 0 radical (unpaired) electrons. The number of benzene rings is 2. The molecule has 27 heavy (non-hydrogen) atoms. The second-order valence-corrected chi connectivity index (χ2v) is 5.55. The number of hydrogen-bond acceptors (Lipinski definition) is 7. The molecule has 0 aliphatic heterocycles. The molecule has 2 aromatic carbocycles. The molecule has 2 rings (SSSR count). The Morgan fingerprint density at radius 2 is 1.78 bits per heavy atom. The lowest BCUT2D eigenvalue weighted by Crippen LogP contribution is -2.21. The van der Waals surface area contributed by atoms with Gasteiger partial charge in [0, 0.05) is 17.2 Å². The lowest BCUT2D eigenvalue weighted by Gasteiger charge is -2.11. The summed E-state index contributed by atoms with van der Waals surface area (Å²) in [7, 11) is 2.73. The Morgan fingerprint density at radius 1 is 1.11 bits per heavy atom. The molecule has 0 unspecified atom stereocenters. The van der Waals surface area contributed by atoms with Crippen molar-refractivity contribution in [3.8, 4) is 11.5 Å². The van der Waals surface area contributed by atoms with Crippen LogP contribution in [0.3, 0.4) is 0 Å². The van der Waals surface area contributed by atoms with E-state index in [2.05, 4.69) is 5.32 Å². The normalized spacial score (nSPS) is 10.0. The maximum absolute atomic E-state index is 12.2. The molecule has 1 N–H and O–H groups in total. The first kappa shape index (κ1) is 20.0. The van der Waals surface area contributed by atoms with E-state index in [0.717, 1.165) is 6.07 Å². The Bertz CT molecular complexity index is 886. The van der Waals surface area contributed by atoms with Crippen LogP contribution in [0.25, 0.3) is 0 Å². The average Bonchev–Trinajstić information content (AvgIpc) is 2.65. The third-order valence-corrected chi connectivity index (χ3v) is 3.62. The fourth-order valence-electron chi connectivity index (χ4n) is 2.14. The van der Waals surface area contributed by atoms with Gasteiger partial charge in [-0.2, -0.15) is 0 Å². The van der Waals surface area contributed by atoms with E-state index < -0.39 is 23.4 Å². The molecule has 0 aromatic heterocycles. The highest BCUT2D eigenvalue weighted by atomic mass is 35.5. The van der Waals surface area contributed by atoms with Crippen molar-refractivity contribution in [3.05, 3.63) is 57.1 Å².